The van der Waals surface area contributed by atoms with Crippen molar-refractivity contribution >= 4 is 28.7 Å². The summed E-state index contributed by atoms with van der Waals surface area (Å²) < 4.78 is 11.6. The molecule has 0 aliphatic heterocycles. The van der Waals surface area contributed by atoms with E-state index in [1.165, 1.54) is 18.3 Å². The molecule has 0 amide bonds. The van der Waals surface area contributed by atoms with Gasteiger partial charge in [-0.3, -0.25) is 4.79 Å². The average molecular weight is 297 g/mol. The van der Waals surface area contributed by atoms with Crippen LogP contribution < -0.4 is 9.47 Å². The number of thiophene rings is 1. The summed E-state index contributed by atoms with van der Waals surface area (Å²) >= 11 is 7.33. The SMILES string of the molecule is COc1cc(C(C)=O)ccc1OCc1ccc(Cl)s1. The minimum absolute atomic E-state index is 0.00473. The molecule has 5 heteroatoms. The Morgan fingerprint density at radius 3 is 2.63 bits per heavy atom. The topological polar surface area (TPSA) is 35.5 Å². The monoisotopic (exact) mass is 296 g/mol. The number of ketones is 1. The Bertz CT molecular complexity index is 592. The fourth-order valence-corrected chi connectivity index (χ4v) is 2.58. The van der Waals surface area contributed by atoms with Crippen LogP contribution in [0.3, 0.4) is 0 Å². The molecule has 0 unspecified atom stereocenters. The van der Waals surface area contributed by atoms with Gasteiger partial charge in [-0.2, -0.15) is 0 Å². The normalized spacial score (nSPS) is 10.3. The summed E-state index contributed by atoms with van der Waals surface area (Å²) in [6.07, 6.45) is 0. The van der Waals surface area contributed by atoms with E-state index in [4.69, 9.17) is 21.1 Å². The highest BCUT2D eigenvalue weighted by molar-refractivity contribution is 7.16. The van der Waals surface area contributed by atoms with Crippen LogP contribution in [0.2, 0.25) is 4.34 Å². The zero-order valence-electron chi connectivity index (χ0n) is 10.6. The van der Waals surface area contributed by atoms with Gasteiger partial charge in [0.25, 0.3) is 0 Å². The van der Waals surface area contributed by atoms with Crippen molar-refractivity contribution in [3.8, 4) is 11.5 Å². The van der Waals surface area contributed by atoms with Crippen LogP contribution in [0.4, 0.5) is 0 Å². The standard InChI is InChI=1S/C14H13ClO3S/c1-9(16)10-3-5-12(13(7-10)17-2)18-8-11-4-6-14(15)19-11/h3-7H,8H2,1-2H3. The Labute approximate surface area is 120 Å². The van der Waals surface area contributed by atoms with Gasteiger partial charge in [0.2, 0.25) is 0 Å². The van der Waals surface area contributed by atoms with E-state index >= 15 is 0 Å². The van der Waals surface area contributed by atoms with E-state index < -0.39 is 0 Å². The summed E-state index contributed by atoms with van der Waals surface area (Å²) in [6.45, 7) is 1.94. The molecule has 0 N–H and O–H groups in total. The predicted molar refractivity (Wildman–Crippen MR) is 76.7 cm³/mol. The number of benzene rings is 1. The van der Waals surface area contributed by atoms with E-state index in [0.717, 1.165) is 9.21 Å². The van der Waals surface area contributed by atoms with E-state index in [2.05, 4.69) is 0 Å². The van der Waals surface area contributed by atoms with Crippen LogP contribution in [0.1, 0.15) is 22.2 Å². The molecule has 1 aromatic heterocycles. The highest BCUT2D eigenvalue weighted by Gasteiger charge is 2.09. The Morgan fingerprint density at radius 2 is 2.05 bits per heavy atom. The molecule has 3 nitrogen and oxygen atoms in total. The third-order valence-electron chi connectivity index (χ3n) is 2.57. The van der Waals surface area contributed by atoms with E-state index in [-0.39, 0.29) is 5.78 Å². The summed E-state index contributed by atoms with van der Waals surface area (Å²) in [5, 5.41) is 0. The molecular formula is C14H13ClO3S. The first kappa shape index (κ1) is 13.9. The van der Waals surface area contributed by atoms with E-state index in [1.807, 2.05) is 12.1 Å². The lowest BCUT2D eigenvalue weighted by Crippen LogP contribution is -1.98. The molecule has 0 spiro atoms. The van der Waals surface area contributed by atoms with E-state index in [0.29, 0.717) is 23.7 Å². The number of Topliss-reactive ketones (excluding diaryl/α,β-unsaturated/α-hetero) is 1. The van der Waals surface area contributed by atoms with E-state index in [1.54, 1.807) is 25.3 Å². The van der Waals surface area contributed by atoms with Gasteiger partial charge in [0, 0.05) is 10.4 Å². The summed E-state index contributed by atoms with van der Waals surface area (Å²) in [5.74, 6) is 1.15. The predicted octanol–water partition coefficient (Wildman–Crippen LogP) is 4.19. The first-order valence-corrected chi connectivity index (χ1v) is 6.85. The first-order valence-electron chi connectivity index (χ1n) is 5.66. The molecule has 0 aliphatic carbocycles. The molecule has 1 aromatic carbocycles. The van der Waals surface area contributed by atoms with Gasteiger partial charge in [0.15, 0.2) is 17.3 Å². The lowest BCUT2D eigenvalue weighted by atomic mass is 10.1. The zero-order chi connectivity index (χ0) is 13.8. The van der Waals surface area contributed by atoms with Crippen LogP contribution >= 0.6 is 22.9 Å². The summed E-state index contributed by atoms with van der Waals surface area (Å²) in [7, 11) is 1.55. The number of hydrogen-bond donors (Lipinski definition) is 0. The van der Waals surface area contributed by atoms with Crippen molar-refractivity contribution in [2.24, 2.45) is 0 Å². The molecule has 0 saturated carbocycles. The highest BCUT2D eigenvalue weighted by Crippen LogP contribution is 2.30. The second-order valence-electron chi connectivity index (χ2n) is 3.92. The number of rotatable bonds is 5. The molecule has 100 valence electrons. The second-order valence-corrected chi connectivity index (χ2v) is 5.72. The van der Waals surface area contributed by atoms with Crippen molar-refractivity contribution in [3.05, 3.63) is 45.1 Å². The second kappa shape index (κ2) is 6.08. The maximum Gasteiger partial charge on any atom is 0.161 e. The summed E-state index contributed by atoms with van der Waals surface area (Å²) in [6, 6.07) is 8.90. The van der Waals surface area contributed by atoms with Crippen LogP contribution in [0.15, 0.2) is 30.3 Å². The highest BCUT2D eigenvalue weighted by atomic mass is 35.5. The van der Waals surface area contributed by atoms with Gasteiger partial charge in [-0.25, -0.2) is 0 Å². The lowest BCUT2D eigenvalue weighted by molar-refractivity contribution is 0.101. The van der Waals surface area contributed by atoms with Crippen LogP contribution in [-0.4, -0.2) is 12.9 Å². The van der Waals surface area contributed by atoms with Gasteiger partial charge >= 0.3 is 0 Å². The Balaban J connectivity index is 2.13. The van der Waals surface area contributed by atoms with Gasteiger partial charge in [0.1, 0.15) is 6.61 Å². The van der Waals surface area contributed by atoms with Crippen molar-refractivity contribution in [1.29, 1.82) is 0 Å². The van der Waals surface area contributed by atoms with E-state index in [9.17, 15) is 4.79 Å². The fourth-order valence-electron chi connectivity index (χ4n) is 1.58. The lowest BCUT2D eigenvalue weighted by Gasteiger charge is -2.10. The number of ether oxygens (including phenoxy) is 2. The first-order chi connectivity index (χ1) is 9.10. The molecule has 0 bridgehead atoms. The van der Waals surface area contributed by atoms with Crippen molar-refractivity contribution in [3.63, 3.8) is 0 Å². The number of methoxy groups -OCH3 is 1. The molecule has 2 aromatic rings. The largest absolute Gasteiger partial charge is 0.493 e. The molecule has 0 saturated heterocycles. The van der Waals surface area contributed by atoms with Gasteiger partial charge in [-0.05, 0) is 37.3 Å². The number of carbonyl (C=O) groups excluding carboxylic acids is 1. The molecular weight excluding hydrogens is 284 g/mol. The van der Waals surface area contributed by atoms with Gasteiger partial charge in [-0.1, -0.05) is 11.6 Å². The average Bonchev–Trinajstić information content (AvgIpc) is 2.81. The van der Waals surface area contributed by atoms with Crippen LogP contribution in [0.25, 0.3) is 0 Å². The molecule has 0 radical (unpaired) electrons. The molecule has 19 heavy (non-hydrogen) atoms. The van der Waals surface area contributed by atoms with Gasteiger partial charge < -0.3 is 9.47 Å². The molecule has 2 rings (SSSR count). The molecule has 0 aliphatic rings. The zero-order valence-corrected chi connectivity index (χ0v) is 12.2. The van der Waals surface area contributed by atoms with Crippen LogP contribution in [-0.2, 0) is 6.61 Å². The molecule has 0 fully saturated rings. The van der Waals surface area contributed by atoms with Gasteiger partial charge in [0.05, 0.1) is 11.4 Å². The molecule has 1 heterocycles. The Kier molecular flexibility index (Phi) is 4.45. The maximum atomic E-state index is 11.3. The Morgan fingerprint density at radius 1 is 1.26 bits per heavy atom. The third kappa shape index (κ3) is 3.49. The maximum absolute atomic E-state index is 11.3. The summed E-state index contributed by atoms with van der Waals surface area (Å²) in [5.41, 5.74) is 0.600. The van der Waals surface area contributed by atoms with Crippen LogP contribution in [0, 0.1) is 0 Å². The third-order valence-corrected chi connectivity index (χ3v) is 3.77. The number of hydrogen-bond acceptors (Lipinski definition) is 4. The minimum Gasteiger partial charge on any atom is -0.493 e. The van der Waals surface area contributed by atoms with Crippen molar-refractivity contribution in [2.45, 2.75) is 13.5 Å². The van der Waals surface area contributed by atoms with Crippen molar-refractivity contribution < 1.29 is 14.3 Å². The number of carbonyl (C=O) groups is 1. The van der Waals surface area contributed by atoms with Crippen LogP contribution in [0.5, 0.6) is 11.5 Å². The van der Waals surface area contributed by atoms with Crippen molar-refractivity contribution in [2.75, 3.05) is 7.11 Å². The van der Waals surface area contributed by atoms with Gasteiger partial charge in [-0.15, -0.1) is 11.3 Å². The Hall–Kier alpha value is -1.52. The summed E-state index contributed by atoms with van der Waals surface area (Å²) in [4.78, 5) is 12.3. The number of halogens is 1. The minimum atomic E-state index is -0.00473. The smallest absolute Gasteiger partial charge is 0.161 e. The molecule has 0 atom stereocenters. The van der Waals surface area contributed by atoms with Crippen molar-refractivity contribution in [1.82, 2.24) is 0 Å². The quantitative estimate of drug-likeness (QED) is 0.776. The fraction of sp³-hybridized carbons (Fsp3) is 0.214.